The second kappa shape index (κ2) is 10.1. The van der Waals surface area contributed by atoms with Gasteiger partial charge < -0.3 is 10.6 Å². The molecular formula is C24H19N3O2S2. The molecule has 4 aromatic rings. The van der Waals surface area contributed by atoms with Crippen LogP contribution in [0.15, 0.2) is 101 Å². The lowest BCUT2D eigenvalue weighted by atomic mass is 10.1. The van der Waals surface area contributed by atoms with Gasteiger partial charge in [-0.1, -0.05) is 48.5 Å². The molecule has 0 bridgehead atoms. The van der Waals surface area contributed by atoms with E-state index in [-0.39, 0.29) is 11.8 Å². The summed E-state index contributed by atoms with van der Waals surface area (Å²) in [7, 11) is 0. The number of thioether (sulfide) groups is 1. The number of hydrogen-bond donors (Lipinski definition) is 2. The standard InChI is InChI=1S/C24H19N3O2S2/c28-23(20-12-7-15-30-20)26-18-10-6-11-19(16-18)31-22(17-8-2-1-3-9-17)24(29)27-21-13-4-5-14-25-21/h1-16,22H,(H,26,28)(H,25,27,29). The van der Waals surface area contributed by atoms with Crippen LogP contribution in [0.2, 0.25) is 0 Å². The third-order valence-electron chi connectivity index (χ3n) is 4.35. The Morgan fingerprint density at radius 2 is 1.71 bits per heavy atom. The van der Waals surface area contributed by atoms with Gasteiger partial charge in [-0.15, -0.1) is 23.1 Å². The van der Waals surface area contributed by atoms with Crippen molar-refractivity contribution >= 4 is 46.4 Å². The lowest BCUT2D eigenvalue weighted by Crippen LogP contribution is -2.19. The molecule has 0 saturated heterocycles. The van der Waals surface area contributed by atoms with Crippen LogP contribution in [0.25, 0.3) is 0 Å². The van der Waals surface area contributed by atoms with Crippen molar-refractivity contribution in [3.05, 3.63) is 107 Å². The summed E-state index contributed by atoms with van der Waals surface area (Å²) in [6.07, 6.45) is 1.64. The lowest BCUT2D eigenvalue weighted by molar-refractivity contribution is -0.115. The first-order valence-corrected chi connectivity index (χ1v) is 11.3. The molecule has 0 fully saturated rings. The smallest absolute Gasteiger partial charge is 0.265 e. The summed E-state index contributed by atoms with van der Waals surface area (Å²) < 4.78 is 0. The zero-order valence-electron chi connectivity index (χ0n) is 16.4. The van der Waals surface area contributed by atoms with Crippen molar-refractivity contribution in [2.24, 2.45) is 0 Å². The van der Waals surface area contributed by atoms with Crippen LogP contribution in [0.3, 0.4) is 0 Å². The third-order valence-corrected chi connectivity index (χ3v) is 6.46. The number of pyridine rings is 1. The van der Waals surface area contributed by atoms with Crippen molar-refractivity contribution < 1.29 is 9.59 Å². The second-order valence-corrected chi connectivity index (χ2v) is 8.70. The summed E-state index contributed by atoms with van der Waals surface area (Å²) in [4.78, 5) is 31.2. The van der Waals surface area contributed by atoms with E-state index in [1.165, 1.54) is 23.1 Å². The van der Waals surface area contributed by atoms with Crippen molar-refractivity contribution in [2.75, 3.05) is 10.6 Å². The molecule has 0 aliphatic heterocycles. The topological polar surface area (TPSA) is 71.1 Å². The molecule has 1 unspecified atom stereocenters. The molecule has 0 spiro atoms. The maximum Gasteiger partial charge on any atom is 0.265 e. The largest absolute Gasteiger partial charge is 0.321 e. The van der Waals surface area contributed by atoms with Crippen molar-refractivity contribution in [3.63, 3.8) is 0 Å². The number of carbonyl (C=O) groups excluding carboxylic acids is 2. The molecule has 5 nitrogen and oxygen atoms in total. The van der Waals surface area contributed by atoms with Gasteiger partial charge in [0.1, 0.15) is 11.1 Å². The molecule has 0 saturated carbocycles. The predicted octanol–water partition coefficient (Wildman–Crippen LogP) is 5.87. The molecule has 0 radical (unpaired) electrons. The second-order valence-electron chi connectivity index (χ2n) is 6.57. The monoisotopic (exact) mass is 445 g/mol. The fourth-order valence-electron chi connectivity index (χ4n) is 2.91. The Morgan fingerprint density at radius 3 is 2.45 bits per heavy atom. The van der Waals surface area contributed by atoms with Gasteiger partial charge in [0, 0.05) is 16.8 Å². The van der Waals surface area contributed by atoms with Gasteiger partial charge in [-0.05, 0) is 47.3 Å². The molecule has 2 N–H and O–H groups in total. The van der Waals surface area contributed by atoms with Crippen LogP contribution < -0.4 is 10.6 Å². The van der Waals surface area contributed by atoms with E-state index in [4.69, 9.17) is 0 Å². The normalized spacial score (nSPS) is 11.5. The summed E-state index contributed by atoms with van der Waals surface area (Å²) >= 11 is 2.81. The highest BCUT2D eigenvalue weighted by molar-refractivity contribution is 8.00. The zero-order valence-corrected chi connectivity index (χ0v) is 18.0. The average Bonchev–Trinajstić information content (AvgIpc) is 3.34. The molecule has 7 heteroatoms. The number of benzene rings is 2. The van der Waals surface area contributed by atoms with E-state index in [0.717, 1.165) is 10.5 Å². The van der Waals surface area contributed by atoms with Gasteiger partial charge in [0.05, 0.1) is 4.88 Å². The Bertz CT molecular complexity index is 1150. The van der Waals surface area contributed by atoms with Gasteiger partial charge in [0.25, 0.3) is 5.91 Å². The van der Waals surface area contributed by atoms with Gasteiger partial charge in [0.15, 0.2) is 0 Å². The number of hydrogen-bond acceptors (Lipinski definition) is 5. The Balaban J connectivity index is 1.54. The van der Waals surface area contributed by atoms with Gasteiger partial charge in [-0.25, -0.2) is 4.98 Å². The zero-order chi connectivity index (χ0) is 21.5. The van der Waals surface area contributed by atoms with Crippen LogP contribution in [0.5, 0.6) is 0 Å². The number of carbonyl (C=O) groups is 2. The van der Waals surface area contributed by atoms with Crippen LogP contribution in [0.1, 0.15) is 20.5 Å². The molecule has 1 atom stereocenters. The van der Waals surface area contributed by atoms with Crippen LogP contribution >= 0.6 is 23.1 Å². The summed E-state index contributed by atoms with van der Waals surface area (Å²) in [5.74, 6) is 0.193. The Morgan fingerprint density at radius 1 is 0.871 bits per heavy atom. The number of nitrogens with one attached hydrogen (secondary N) is 2. The highest BCUT2D eigenvalue weighted by Crippen LogP contribution is 2.37. The van der Waals surface area contributed by atoms with Crippen molar-refractivity contribution in [1.82, 2.24) is 4.98 Å². The number of thiophene rings is 1. The molecule has 4 rings (SSSR count). The van der Waals surface area contributed by atoms with E-state index in [1.807, 2.05) is 72.1 Å². The maximum absolute atomic E-state index is 13.1. The molecule has 2 aromatic heterocycles. The van der Waals surface area contributed by atoms with E-state index >= 15 is 0 Å². The first kappa shape index (κ1) is 20.8. The molecule has 154 valence electrons. The number of nitrogens with zero attached hydrogens (tertiary/aromatic N) is 1. The quantitative estimate of drug-likeness (QED) is 0.349. The summed E-state index contributed by atoms with van der Waals surface area (Å²) in [5, 5.41) is 7.19. The van der Waals surface area contributed by atoms with Crippen LogP contribution in [-0.4, -0.2) is 16.8 Å². The first-order chi connectivity index (χ1) is 15.2. The molecule has 2 heterocycles. The number of aromatic nitrogens is 1. The Labute approximate surface area is 188 Å². The third kappa shape index (κ3) is 5.59. The van der Waals surface area contributed by atoms with Crippen molar-refractivity contribution in [1.29, 1.82) is 0 Å². The summed E-state index contributed by atoms with van der Waals surface area (Å²) in [6.45, 7) is 0. The maximum atomic E-state index is 13.1. The van der Waals surface area contributed by atoms with Crippen molar-refractivity contribution in [3.8, 4) is 0 Å². The Hall–Kier alpha value is -3.42. The van der Waals surface area contributed by atoms with Crippen LogP contribution in [-0.2, 0) is 4.79 Å². The fourth-order valence-corrected chi connectivity index (χ4v) is 4.62. The van der Waals surface area contributed by atoms with Crippen molar-refractivity contribution in [2.45, 2.75) is 10.1 Å². The van der Waals surface area contributed by atoms with Gasteiger partial charge >= 0.3 is 0 Å². The Kier molecular flexibility index (Phi) is 6.76. The average molecular weight is 446 g/mol. The summed E-state index contributed by atoms with van der Waals surface area (Å²) in [5.41, 5.74) is 1.56. The SMILES string of the molecule is O=C(Nc1cccc(SC(C(=O)Nc2ccccn2)c2ccccc2)c1)c1cccs1. The highest BCUT2D eigenvalue weighted by atomic mass is 32.2. The number of anilines is 2. The highest BCUT2D eigenvalue weighted by Gasteiger charge is 2.22. The summed E-state index contributed by atoms with van der Waals surface area (Å²) in [6, 6.07) is 26.1. The van der Waals surface area contributed by atoms with Gasteiger partial charge in [-0.2, -0.15) is 0 Å². The minimum Gasteiger partial charge on any atom is -0.321 e. The molecular weight excluding hydrogens is 426 g/mol. The first-order valence-electron chi connectivity index (χ1n) is 9.57. The fraction of sp³-hybridized carbons (Fsp3) is 0.0417. The molecule has 0 aliphatic rings. The van der Waals surface area contributed by atoms with E-state index in [9.17, 15) is 9.59 Å². The van der Waals surface area contributed by atoms with E-state index in [0.29, 0.717) is 16.4 Å². The minimum absolute atomic E-state index is 0.148. The molecule has 2 aromatic carbocycles. The van der Waals surface area contributed by atoms with Crippen LogP contribution in [0, 0.1) is 0 Å². The van der Waals surface area contributed by atoms with Crippen LogP contribution in [0.4, 0.5) is 11.5 Å². The van der Waals surface area contributed by atoms with E-state index in [1.54, 1.807) is 24.4 Å². The van der Waals surface area contributed by atoms with Gasteiger partial charge in [0.2, 0.25) is 5.91 Å². The number of amides is 2. The van der Waals surface area contributed by atoms with E-state index < -0.39 is 5.25 Å². The molecule has 0 aliphatic carbocycles. The van der Waals surface area contributed by atoms with E-state index in [2.05, 4.69) is 15.6 Å². The predicted molar refractivity (Wildman–Crippen MR) is 127 cm³/mol. The molecule has 2 amide bonds. The molecule has 31 heavy (non-hydrogen) atoms. The number of rotatable bonds is 7. The van der Waals surface area contributed by atoms with Gasteiger partial charge in [-0.3, -0.25) is 9.59 Å². The lowest BCUT2D eigenvalue weighted by Gasteiger charge is -2.17. The minimum atomic E-state index is -0.480.